The maximum absolute atomic E-state index is 12.9. The van der Waals surface area contributed by atoms with Gasteiger partial charge in [-0.25, -0.2) is 0 Å². The van der Waals surface area contributed by atoms with Crippen LogP contribution >= 0.6 is 0 Å². The molecule has 0 spiro atoms. The highest BCUT2D eigenvalue weighted by Gasteiger charge is 2.44. The second-order valence-corrected chi connectivity index (χ2v) is 20.3. The van der Waals surface area contributed by atoms with E-state index in [1.807, 2.05) is 0 Å². The predicted octanol–water partition coefficient (Wildman–Crippen LogP) is 5.88. The van der Waals surface area contributed by atoms with Crippen molar-refractivity contribution in [3.8, 4) is 23.2 Å². The average molecular weight is 510 g/mol. The number of hydrogen-bond acceptors (Lipinski definition) is 5. The molecule has 0 radical (unpaired) electrons. The van der Waals surface area contributed by atoms with Gasteiger partial charge in [-0.05, 0) is 42.3 Å². The number of nitrogens with one attached hydrogen (secondary N) is 1. The minimum Gasteiger partial charge on any atom is -0.494 e. The lowest BCUT2D eigenvalue weighted by atomic mass is 10.2. The molecule has 0 aliphatic carbocycles. The quantitative estimate of drug-likeness (QED) is 0.420. The summed E-state index contributed by atoms with van der Waals surface area (Å²) in [6.07, 6.45) is 0. The summed E-state index contributed by atoms with van der Waals surface area (Å²) in [5.74, 6) is 1.79. The first-order chi connectivity index (χ1) is 16.5. The van der Waals surface area contributed by atoms with Crippen LogP contribution in [0.1, 0.15) is 23.0 Å². The number of para-hydroxylation sites is 1. The van der Waals surface area contributed by atoms with Crippen molar-refractivity contribution in [3.05, 3.63) is 53.8 Å². The SMILES string of the molecule is COc1cccc(OC)c1NC(=O)c1ccc(Oc2cc3c(cc2C)[Si](C)(C)C(C)C[Si]3(C)C)o1. The summed E-state index contributed by atoms with van der Waals surface area (Å²) in [4.78, 5) is 12.9. The molecule has 1 aliphatic rings. The summed E-state index contributed by atoms with van der Waals surface area (Å²) in [5.41, 5.74) is 2.31. The fraction of sp³-hybridized carbons (Fsp3) is 0.370. The van der Waals surface area contributed by atoms with E-state index in [2.05, 4.69) is 57.5 Å². The van der Waals surface area contributed by atoms with Crippen molar-refractivity contribution in [1.82, 2.24) is 0 Å². The lowest BCUT2D eigenvalue weighted by Crippen LogP contribution is -2.65. The molecule has 0 fully saturated rings. The summed E-state index contributed by atoms with van der Waals surface area (Å²) in [6.45, 7) is 14.4. The molecular formula is C27H35NO5Si2. The van der Waals surface area contributed by atoms with E-state index in [4.69, 9.17) is 18.6 Å². The summed E-state index contributed by atoms with van der Waals surface area (Å²) < 4.78 is 22.7. The highest BCUT2D eigenvalue weighted by molar-refractivity contribution is 7.04. The fourth-order valence-corrected chi connectivity index (χ4v) is 15.6. The molecule has 2 aromatic carbocycles. The molecule has 0 saturated carbocycles. The third-order valence-electron chi connectivity index (χ3n) is 7.47. The van der Waals surface area contributed by atoms with Crippen LogP contribution in [0.2, 0.25) is 37.8 Å². The van der Waals surface area contributed by atoms with Gasteiger partial charge >= 0.3 is 0 Å². The molecule has 6 nitrogen and oxygen atoms in total. The topological polar surface area (TPSA) is 69.9 Å². The van der Waals surface area contributed by atoms with Crippen molar-refractivity contribution < 1.29 is 23.4 Å². The van der Waals surface area contributed by atoms with Crippen LogP contribution in [0.25, 0.3) is 0 Å². The third kappa shape index (κ3) is 4.64. The Labute approximate surface area is 209 Å². The smallest absolute Gasteiger partial charge is 0.291 e. The van der Waals surface area contributed by atoms with Crippen LogP contribution < -0.4 is 29.9 Å². The number of anilines is 1. The number of benzene rings is 2. The number of fused-ring (bicyclic) bond motifs is 1. The monoisotopic (exact) mass is 509 g/mol. The summed E-state index contributed by atoms with van der Waals surface area (Å²) >= 11 is 0. The Balaban J connectivity index is 1.59. The van der Waals surface area contributed by atoms with Gasteiger partial charge in [0.2, 0.25) is 0 Å². The van der Waals surface area contributed by atoms with Crippen molar-refractivity contribution >= 4 is 38.1 Å². The van der Waals surface area contributed by atoms with E-state index in [0.29, 0.717) is 17.2 Å². The molecule has 8 heteroatoms. The zero-order valence-corrected chi connectivity index (χ0v) is 23.9. The van der Waals surface area contributed by atoms with E-state index >= 15 is 0 Å². The van der Waals surface area contributed by atoms with Crippen LogP contribution in [-0.4, -0.2) is 36.3 Å². The first-order valence-corrected chi connectivity index (χ1v) is 18.2. The van der Waals surface area contributed by atoms with Gasteiger partial charge in [0.05, 0.1) is 30.4 Å². The largest absolute Gasteiger partial charge is 0.494 e. The first-order valence-electron chi connectivity index (χ1n) is 11.9. The molecule has 2 heterocycles. The maximum Gasteiger partial charge on any atom is 0.291 e. The molecule has 186 valence electrons. The fourth-order valence-electron chi connectivity index (χ4n) is 5.04. The Bertz CT molecular complexity index is 1240. The summed E-state index contributed by atoms with van der Waals surface area (Å²) in [5, 5.41) is 5.90. The van der Waals surface area contributed by atoms with E-state index in [-0.39, 0.29) is 11.7 Å². The zero-order valence-electron chi connectivity index (χ0n) is 21.9. The van der Waals surface area contributed by atoms with Crippen LogP contribution in [-0.2, 0) is 0 Å². The molecule has 1 aliphatic heterocycles. The summed E-state index contributed by atoms with van der Waals surface area (Å²) in [6, 6.07) is 14.5. The minimum absolute atomic E-state index is 0.139. The van der Waals surface area contributed by atoms with Crippen molar-refractivity contribution in [2.75, 3.05) is 19.5 Å². The third-order valence-corrected chi connectivity index (χ3v) is 16.1. The van der Waals surface area contributed by atoms with Crippen LogP contribution in [0.15, 0.2) is 46.9 Å². The van der Waals surface area contributed by atoms with E-state index < -0.39 is 22.1 Å². The Morgan fingerprint density at radius 3 is 2.26 bits per heavy atom. The van der Waals surface area contributed by atoms with Crippen molar-refractivity contribution in [3.63, 3.8) is 0 Å². The molecule has 0 saturated heterocycles. The van der Waals surface area contributed by atoms with E-state index in [1.54, 1.807) is 49.7 Å². The Morgan fingerprint density at radius 2 is 1.63 bits per heavy atom. The maximum atomic E-state index is 12.9. The molecule has 0 bridgehead atoms. The van der Waals surface area contributed by atoms with Crippen LogP contribution in [0.5, 0.6) is 23.2 Å². The number of amides is 1. The molecular weight excluding hydrogens is 474 g/mol. The number of methoxy groups -OCH3 is 2. The summed E-state index contributed by atoms with van der Waals surface area (Å²) in [7, 11) is -0.0231. The second-order valence-electron chi connectivity index (χ2n) is 10.6. The number of rotatable bonds is 6. The van der Waals surface area contributed by atoms with Gasteiger partial charge in [-0.2, -0.15) is 0 Å². The Kier molecular flexibility index (Phi) is 6.63. The number of carbonyl (C=O) groups is 1. The molecule has 4 rings (SSSR count). The number of aryl methyl sites for hydroxylation is 1. The Morgan fingerprint density at radius 1 is 0.971 bits per heavy atom. The van der Waals surface area contributed by atoms with Gasteiger partial charge in [0.25, 0.3) is 11.9 Å². The van der Waals surface area contributed by atoms with E-state index in [1.165, 1.54) is 11.2 Å². The second kappa shape index (κ2) is 9.24. The van der Waals surface area contributed by atoms with Crippen molar-refractivity contribution in [2.24, 2.45) is 0 Å². The normalized spacial score (nSPS) is 17.9. The number of hydrogen-bond donors (Lipinski definition) is 1. The first kappa shape index (κ1) is 25.1. The average Bonchev–Trinajstić information content (AvgIpc) is 3.27. The van der Waals surface area contributed by atoms with Gasteiger partial charge in [0.15, 0.2) is 5.76 Å². The van der Waals surface area contributed by atoms with Gasteiger partial charge in [-0.3, -0.25) is 4.79 Å². The van der Waals surface area contributed by atoms with Crippen LogP contribution in [0, 0.1) is 6.92 Å². The van der Waals surface area contributed by atoms with E-state index in [9.17, 15) is 4.79 Å². The van der Waals surface area contributed by atoms with Crippen LogP contribution in [0.4, 0.5) is 5.69 Å². The van der Waals surface area contributed by atoms with Crippen molar-refractivity contribution in [1.29, 1.82) is 0 Å². The predicted molar refractivity (Wildman–Crippen MR) is 146 cm³/mol. The van der Waals surface area contributed by atoms with Gasteiger partial charge in [-0.15, -0.1) is 0 Å². The van der Waals surface area contributed by atoms with Gasteiger partial charge < -0.3 is 23.9 Å². The van der Waals surface area contributed by atoms with Crippen molar-refractivity contribution in [2.45, 2.75) is 51.6 Å². The highest BCUT2D eigenvalue weighted by Crippen LogP contribution is 2.37. The van der Waals surface area contributed by atoms with Gasteiger partial charge in [0.1, 0.15) is 22.9 Å². The molecule has 1 amide bonds. The number of carbonyl (C=O) groups excluding carboxylic acids is 1. The highest BCUT2D eigenvalue weighted by atomic mass is 28.3. The number of furan rings is 1. The van der Waals surface area contributed by atoms with Gasteiger partial charge in [0, 0.05) is 6.07 Å². The Hall–Kier alpha value is -2.98. The van der Waals surface area contributed by atoms with Crippen LogP contribution in [0.3, 0.4) is 0 Å². The molecule has 1 aromatic heterocycles. The van der Waals surface area contributed by atoms with E-state index in [0.717, 1.165) is 16.9 Å². The number of ether oxygens (including phenoxy) is 3. The molecule has 35 heavy (non-hydrogen) atoms. The van der Waals surface area contributed by atoms with Gasteiger partial charge in [-0.1, -0.05) is 61.7 Å². The molecule has 1 atom stereocenters. The lowest BCUT2D eigenvalue weighted by molar-refractivity contribution is 0.0991. The standard InChI is InChI=1S/C27H35NO5Si2/c1-17-14-24-23(34(5,6)16-18(2)35(24,7)8)15-22(17)33-25-13-12-21(32-25)27(29)28-26-19(30-3)10-9-11-20(26)31-4/h9-15,18H,16H2,1-8H3,(H,28,29). The zero-order chi connectivity index (χ0) is 25.5. The minimum atomic E-state index is -1.57. The lowest BCUT2D eigenvalue weighted by Gasteiger charge is -2.44. The molecule has 1 unspecified atom stereocenters. The molecule has 3 aromatic rings. The molecule has 1 N–H and O–H groups in total.